The van der Waals surface area contributed by atoms with Crippen LogP contribution in [-0.2, 0) is 0 Å². The molecule has 6 nitrogen and oxygen atoms in total. The van der Waals surface area contributed by atoms with Crippen LogP contribution in [0.5, 0.6) is 11.5 Å². The number of amidine groups is 1. The molecule has 3 N–H and O–H groups in total. The van der Waals surface area contributed by atoms with Crippen LogP contribution in [0, 0.1) is 18.2 Å². The summed E-state index contributed by atoms with van der Waals surface area (Å²) < 4.78 is 55.2. The van der Waals surface area contributed by atoms with E-state index in [0.717, 1.165) is 0 Å². The molecule has 174 valence electrons. The number of piperidine rings is 1. The van der Waals surface area contributed by atoms with Crippen molar-refractivity contribution in [3.05, 3.63) is 60.1 Å². The van der Waals surface area contributed by atoms with E-state index in [-0.39, 0.29) is 40.5 Å². The largest absolute Gasteiger partial charge is 0.497 e. The summed E-state index contributed by atoms with van der Waals surface area (Å²) in [5.41, 5.74) is 6.59. The molecule has 0 aromatic heterocycles. The zero-order chi connectivity index (χ0) is 24.2. The Hall–Kier alpha value is -3.64. The van der Waals surface area contributed by atoms with E-state index in [1.807, 2.05) is 0 Å². The number of anilines is 2. The van der Waals surface area contributed by atoms with Crippen LogP contribution in [0.4, 0.5) is 24.5 Å². The Kier molecular flexibility index (Phi) is 7.19. The molecule has 1 fully saturated rings. The van der Waals surface area contributed by atoms with Crippen LogP contribution in [-0.4, -0.2) is 50.0 Å². The zero-order valence-electron chi connectivity index (χ0n) is 18.4. The minimum atomic E-state index is -3.10. The number of nitrogens with two attached hydrogens (primary N) is 1. The van der Waals surface area contributed by atoms with Crippen molar-refractivity contribution in [2.75, 3.05) is 38.3 Å². The number of nitrogens with zero attached hydrogens (tertiary/aromatic N) is 2. The number of hydrogen-bond donors (Lipinski definition) is 2. The second-order valence-corrected chi connectivity index (χ2v) is 7.58. The average Bonchev–Trinajstić information content (AvgIpc) is 2.76. The van der Waals surface area contributed by atoms with Gasteiger partial charge in [-0.1, -0.05) is 18.6 Å². The van der Waals surface area contributed by atoms with Gasteiger partial charge in [0.1, 0.15) is 17.3 Å². The lowest BCUT2D eigenvalue weighted by atomic mass is 10.0. The first-order chi connectivity index (χ1) is 15.7. The summed E-state index contributed by atoms with van der Waals surface area (Å²) in [5.74, 6) is -1.15. The van der Waals surface area contributed by atoms with Gasteiger partial charge in [0.25, 0.3) is 5.92 Å². The lowest BCUT2D eigenvalue weighted by Crippen LogP contribution is -2.52. The SMILES string of the molecule is C#Cc1cccc(N/C(=N/C=C)c2c(N)cc(OC)cc2O[C@H]2CCN(C)CC2(F)F)c1F. The van der Waals surface area contributed by atoms with Crippen LogP contribution >= 0.6 is 0 Å². The summed E-state index contributed by atoms with van der Waals surface area (Å²) in [6.45, 7) is 3.57. The van der Waals surface area contributed by atoms with Crippen LogP contribution in [0.2, 0.25) is 0 Å². The fraction of sp³-hybridized carbons (Fsp3) is 0.292. The van der Waals surface area contributed by atoms with Crippen molar-refractivity contribution in [1.82, 2.24) is 4.90 Å². The van der Waals surface area contributed by atoms with E-state index >= 15 is 0 Å². The molecule has 1 aliphatic heterocycles. The molecule has 33 heavy (non-hydrogen) atoms. The number of alkyl halides is 2. The molecule has 1 saturated heterocycles. The van der Waals surface area contributed by atoms with Gasteiger partial charge < -0.3 is 25.4 Å². The molecule has 9 heteroatoms. The Morgan fingerprint density at radius 3 is 2.82 bits per heavy atom. The highest BCUT2D eigenvalue weighted by Crippen LogP contribution is 2.37. The van der Waals surface area contributed by atoms with Crippen molar-refractivity contribution in [1.29, 1.82) is 0 Å². The predicted octanol–water partition coefficient (Wildman–Crippen LogP) is 4.12. The second kappa shape index (κ2) is 9.88. The summed E-state index contributed by atoms with van der Waals surface area (Å²) in [6, 6.07) is 7.40. The van der Waals surface area contributed by atoms with Gasteiger partial charge in [-0.2, -0.15) is 0 Å². The summed E-state index contributed by atoms with van der Waals surface area (Å²) in [5, 5.41) is 2.83. The van der Waals surface area contributed by atoms with Gasteiger partial charge in [0.05, 0.1) is 30.5 Å². The maximum Gasteiger partial charge on any atom is 0.296 e. The molecule has 1 aliphatic rings. The number of ether oxygens (including phenoxy) is 2. The first-order valence-corrected chi connectivity index (χ1v) is 10.1. The molecular formula is C24H25F3N4O2. The van der Waals surface area contributed by atoms with Crippen molar-refractivity contribution >= 4 is 17.2 Å². The molecule has 2 aromatic rings. The molecule has 0 radical (unpaired) electrons. The maximum absolute atomic E-state index is 14.7. The van der Waals surface area contributed by atoms with Gasteiger partial charge in [-0.3, -0.25) is 0 Å². The van der Waals surface area contributed by atoms with Crippen molar-refractivity contribution < 1.29 is 22.6 Å². The molecule has 0 aliphatic carbocycles. The van der Waals surface area contributed by atoms with E-state index in [1.165, 1.54) is 42.5 Å². The molecule has 0 unspecified atom stereocenters. The Labute approximate surface area is 190 Å². The third-order valence-electron chi connectivity index (χ3n) is 5.20. The van der Waals surface area contributed by atoms with E-state index in [4.69, 9.17) is 21.6 Å². The third kappa shape index (κ3) is 5.23. The maximum atomic E-state index is 14.7. The van der Waals surface area contributed by atoms with Gasteiger partial charge in [0.15, 0.2) is 11.9 Å². The Bertz CT molecular complexity index is 1110. The third-order valence-corrected chi connectivity index (χ3v) is 5.20. The van der Waals surface area contributed by atoms with Gasteiger partial charge >= 0.3 is 0 Å². The first-order valence-electron chi connectivity index (χ1n) is 10.1. The summed E-state index contributed by atoms with van der Waals surface area (Å²) in [4.78, 5) is 5.70. The molecule has 0 spiro atoms. The first kappa shape index (κ1) is 24.0. The number of halogens is 3. The van der Waals surface area contributed by atoms with Crippen molar-refractivity contribution in [3.8, 4) is 23.8 Å². The Morgan fingerprint density at radius 2 is 2.18 bits per heavy atom. The lowest BCUT2D eigenvalue weighted by molar-refractivity contribution is -0.135. The van der Waals surface area contributed by atoms with Gasteiger partial charge in [-0.25, -0.2) is 18.2 Å². The lowest BCUT2D eigenvalue weighted by Gasteiger charge is -2.36. The highest BCUT2D eigenvalue weighted by Gasteiger charge is 2.46. The minimum absolute atomic E-state index is 0.0164. The van der Waals surface area contributed by atoms with Crippen molar-refractivity contribution in [3.63, 3.8) is 0 Å². The zero-order valence-corrected chi connectivity index (χ0v) is 18.4. The summed E-state index contributed by atoms with van der Waals surface area (Å²) >= 11 is 0. The number of likely N-dealkylation sites (tertiary alicyclic amines) is 1. The van der Waals surface area contributed by atoms with Crippen LogP contribution < -0.4 is 20.5 Å². The average molecular weight is 458 g/mol. The number of hydrogen-bond acceptors (Lipinski definition) is 5. The standard InChI is InChI=1S/C24H25F3N4O2/c1-5-15-8-7-9-18(22(15)25)30-23(29-6-2)21-17(28)12-16(32-4)13-19(21)33-20-10-11-31(3)14-24(20,26)27/h1,6-9,12-13,20H,2,10-11,14,28H2,3-4H3,(H,29,30)/t20-/m0/s1. The van der Waals surface area contributed by atoms with Crippen molar-refractivity contribution in [2.24, 2.45) is 4.99 Å². The monoisotopic (exact) mass is 458 g/mol. The number of nitrogen functional groups attached to an aromatic ring is 1. The number of methoxy groups -OCH3 is 1. The fourth-order valence-corrected chi connectivity index (χ4v) is 3.58. The smallest absolute Gasteiger partial charge is 0.296 e. The molecule has 0 amide bonds. The van der Waals surface area contributed by atoms with Crippen LogP contribution in [0.3, 0.4) is 0 Å². The van der Waals surface area contributed by atoms with Gasteiger partial charge in [-0.15, -0.1) is 6.42 Å². The van der Waals surface area contributed by atoms with Gasteiger partial charge in [0, 0.05) is 37.0 Å². The highest BCUT2D eigenvalue weighted by atomic mass is 19.3. The second-order valence-electron chi connectivity index (χ2n) is 7.58. The highest BCUT2D eigenvalue weighted by molar-refractivity contribution is 6.13. The van der Waals surface area contributed by atoms with Crippen LogP contribution in [0.1, 0.15) is 17.5 Å². The predicted molar refractivity (Wildman–Crippen MR) is 124 cm³/mol. The molecule has 1 heterocycles. The van der Waals surface area contributed by atoms with E-state index in [9.17, 15) is 13.2 Å². The number of nitrogens with one attached hydrogen (secondary N) is 1. The number of benzene rings is 2. The van der Waals surface area contributed by atoms with Gasteiger partial charge in [-0.05, 0) is 19.2 Å². The Balaban J connectivity index is 2.07. The number of rotatable bonds is 6. The van der Waals surface area contributed by atoms with Gasteiger partial charge in [0.2, 0.25) is 0 Å². The summed E-state index contributed by atoms with van der Waals surface area (Å²) in [6.07, 6.45) is 5.26. The molecule has 0 bridgehead atoms. The van der Waals surface area contributed by atoms with Crippen LogP contribution in [0.25, 0.3) is 0 Å². The molecular weight excluding hydrogens is 433 g/mol. The minimum Gasteiger partial charge on any atom is -0.497 e. The summed E-state index contributed by atoms with van der Waals surface area (Å²) in [7, 11) is 3.04. The molecule has 1 atom stereocenters. The van der Waals surface area contributed by atoms with E-state index < -0.39 is 24.4 Å². The Morgan fingerprint density at radius 1 is 1.42 bits per heavy atom. The molecule has 0 saturated carbocycles. The van der Waals surface area contributed by atoms with E-state index in [1.54, 1.807) is 13.1 Å². The van der Waals surface area contributed by atoms with E-state index in [2.05, 4.69) is 22.8 Å². The topological polar surface area (TPSA) is 72.1 Å². The molecule has 3 rings (SSSR count). The fourth-order valence-electron chi connectivity index (χ4n) is 3.58. The van der Waals surface area contributed by atoms with E-state index in [0.29, 0.717) is 12.3 Å². The normalized spacial score (nSPS) is 18.3. The van der Waals surface area contributed by atoms with Crippen molar-refractivity contribution in [2.45, 2.75) is 18.4 Å². The number of terminal acetylenes is 1. The van der Waals surface area contributed by atoms with Crippen LogP contribution in [0.15, 0.2) is 48.1 Å². The molecule has 2 aromatic carbocycles. The number of aliphatic imine (C=N–C) groups is 1. The quantitative estimate of drug-likeness (QED) is 0.295.